The first-order valence-corrected chi connectivity index (χ1v) is 8.67. The molecular formula is C16H27FN2S. The summed E-state index contributed by atoms with van der Waals surface area (Å²) in [6.07, 6.45) is 3.98. The van der Waals surface area contributed by atoms with E-state index in [9.17, 15) is 4.39 Å². The van der Waals surface area contributed by atoms with Crippen LogP contribution in [0.5, 0.6) is 0 Å². The van der Waals surface area contributed by atoms with Gasteiger partial charge in [0.2, 0.25) is 0 Å². The molecule has 3 atom stereocenters. The average molecular weight is 298 g/mol. The highest BCUT2D eigenvalue weighted by Gasteiger charge is 2.29. The van der Waals surface area contributed by atoms with Gasteiger partial charge in [-0.2, -0.15) is 11.8 Å². The summed E-state index contributed by atoms with van der Waals surface area (Å²) in [5.41, 5.74) is 7.00. The summed E-state index contributed by atoms with van der Waals surface area (Å²) >= 11 is 1.82. The Kier molecular flexibility index (Phi) is 7.56. The molecule has 0 saturated carbocycles. The largest absolute Gasteiger partial charge is 0.326 e. The first kappa shape index (κ1) is 17.5. The van der Waals surface area contributed by atoms with Crippen molar-refractivity contribution in [2.45, 2.75) is 44.8 Å². The molecule has 0 aliphatic heterocycles. The third kappa shape index (κ3) is 4.21. The monoisotopic (exact) mass is 298 g/mol. The van der Waals surface area contributed by atoms with Crippen LogP contribution in [-0.2, 0) is 0 Å². The summed E-state index contributed by atoms with van der Waals surface area (Å²) < 4.78 is 14.2. The number of thioether (sulfide) groups is 1. The SMILES string of the molecule is CCC(N)C(c1ccccc1F)N(C)C(CC)CSC. The lowest BCUT2D eigenvalue weighted by atomic mass is 9.94. The van der Waals surface area contributed by atoms with Crippen molar-refractivity contribution in [3.8, 4) is 0 Å². The van der Waals surface area contributed by atoms with Crippen molar-refractivity contribution in [3.05, 3.63) is 35.6 Å². The Morgan fingerprint density at radius 2 is 1.90 bits per heavy atom. The molecule has 2 N–H and O–H groups in total. The number of rotatable bonds is 8. The van der Waals surface area contributed by atoms with Crippen LogP contribution in [0.2, 0.25) is 0 Å². The molecule has 3 unspecified atom stereocenters. The lowest BCUT2D eigenvalue weighted by molar-refractivity contribution is 0.154. The van der Waals surface area contributed by atoms with E-state index in [2.05, 4.69) is 32.1 Å². The third-order valence-corrected chi connectivity index (χ3v) is 4.66. The van der Waals surface area contributed by atoms with Crippen molar-refractivity contribution >= 4 is 11.8 Å². The van der Waals surface area contributed by atoms with Gasteiger partial charge in [-0.1, -0.05) is 32.0 Å². The van der Waals surface area contributed by atoms with E-state index in [1.54, 1.807) is 6.07 Å². The number of benzene rings is 1. The smallest absolute Gasteiger partial charge is 0.128 e. The van der Waals surface area contributed by atoms with E-state index in [1.807, 2.05) is 23.9 Å². The van der Waals surface area contributed by atoms with Gasteiger partial charge in [-0.15, -0.1) is 0 Å². The van der Waals surface area contributed by atoms with Crippen molar-refractivity contribution in [2.75, 3.05) is 19.1 Å². The molecule has 0 heterocycles. The van der Waals surface area contributed by atoms with Crippen molar-refractivity contribution in [2.24, 2.45) is 5.73 Å². The summed E-state index contributed by atoms with van der Waals surface area (Å²) in [4.78, 5) is 2.25. The summed E-state index contributed by atoms with van der Waals surface area (Å²) in [7, 11) is 2.07. The van der Waals surface area contributed by atoms with Crippen molar-refractivity contribution in [1.29, 1.82) is 0 Å². The molecule has 0 aliphatic carbocycles. The molecule has 0 aliphatic rings. The highest BCUT2D eigenvalue weighted by molar-refractivity contribution is 7.98. The van der Waals surface area contributed by atoms with Crippen molar-refractivity contribution in [3.63, 3.8) is 0 Å². The number of likely N-dealkylation sites (N-methyl/N-ethyl adjacent to an activating group) is 1. The molecule has 4 heteroatoms. The Bertz CT molecular complexity index is 400. The van der Waals surface area contributed by atoms with E-state index in [4.69, 9.17) is 5.73 Å². The Hall–Kier alpha value is -0.580. The van der Waals surface area contributed by atoms with Crippen LogP contribution >= 0.6 is 11.8 Å². The molecule has 0 radical (unpaired) electrons. The molecular weight excluding hydrogens is 271 g/mol. The summed E-state index contributed by atoms with van der Waals surface area (Å²) in [5.74, 6) is 0.876. The van der Waals surface area contributed by atoms with E-state index >= 15 is 0 Å². The minimum Gasteiger partial charge on any atom is -0.326 e. The number of nitrogens with two attached hydrogens (primary N) is 1. The van der Waals surface area contributed by atoms with Gasteiger partial charge < -0.3 is 5.73 Å². The lowest BCUT2D eigenvalue weighted by Crippen LogP contribution is -2.45. The van der Waals surface area contributed by atoms with Crippen LogP contribution in [0.1, 0.15) is 38.3 Å². The van der Waals surface area contributed by atoms with Crippen LogP contribution < -0.4 is 5.73 Å². The Balaban J connectivity index is 3.09. The van der Waals surface area contributed by atoms with E-state index in [1.165, 1.54) is 6.07 Å². The van der Waals surface area contributed by atoms with Crippen LogP contribution in [0.3, 0.4) is 0 Å². The molecule has 0 fully saturated rings. The number of hydrogen-bond acceptors (Lipinski definition) is 3. The molecule has 1 aromatic carbocycles. The van der Waals surface area contributed by atoms with Crippen LogP contribution in [0.4, 0.5) is 4.39 Å². The molecule has 0 saturated heterocycles. The fraction of sp³-hybridized carbons (Fsp3) is 0.625. The van der Waals surface area contributed by atoms with Gasteiger partial charge in [0.25, 0.3) is 0 Å². The third-order valence-electron chi connectivity index (χ3n) is 3.95. The van der Waals surface area contributed by atoms with Crippen molar-refractivity contribution in [1.82, 2.24) is 4.90 Å². The second-order valence-electron chi connectivity index (χ2n) is 5.22. The van der Waals surface area contributed by atoms with Crippen molar-refractivity contribution < 1.29 is 4.39 Å². The van der Waals surface area contributed by atoms with E-state index in [0.29, 0.717) is 11.6 Å². The van der Waals surface area contributed by atoms with E-state index in [0.717, 1.165) is 18.6 Å². The summed E-state index contributed by atoms with van der Waals surface area (Å²) in [6, 6.07) is 7.27. The van der Waals surface area contributed by atoms with Gasteiger partial charge in [0, 0.05) is 23.4 Å². The van der Waals surface area contributed by atoms with Gasteiger partial charge >= 0.3 is 0 Å². The lowest BCUT2D eigenvalue weighted by Gasteiger charge is -2.38. The minimum atomic E-state index is -0.160. The second kappa shape index (κ2) is 8.65. The zero-order chi connectivity index (χ0) is 15.1. The Morgan fingerprint density at radius 1 is 1.25 bits per heavy atom. The highest BCUT2D eigenvalue weighted by Crippen LogP contribution is 2.29. The standard InChI is InChI=1S/C16H27FN2S/c1-5-12(11-20-4)19(3)16(15(18)6-2)13-9-7-8-10-14(13)17/h7-10,12,15-16H,5-6,11,18H2,1-4H3. The molecule has 0 aromatic heterocycles. The van der Waals surface area contributed by atoms with Crippen LogP contribution in [0.25, 0.3) is 0 Å². The fourth-order valence-electron chi connectivity index (χ4n) is 2.63. The number of hydrogen-bond donors (Lipinski definition) is 1. The first-order chi connectivity index (χ1) is 9.56. The maximum atomic E-state index is 14.2. The molecule has 114 valence electrons. The van der Waals surface area contributed by atoms with Gasteiger partial charge in [0.1, 0.15) is 5.82 Å². The fourth-order valence-corrected chi connectivity index (χ4v) is 3.49. The van der Waals surface area contributed by atoms with Crippen LogP contribution in [0, 0.1) is 5.82 Å². The number of halogens is 1. The molecule has 0 bridgehead atoms. The highest BCUT2D eigenvalue weighted by atomic mass is 32.2. The summed E-state index contributed by atoms with van der Waals surface area (Å²) in [5, 5.41) is 0. The normalized spacial score (nSPS) is 16.1. The molecule has 1 rings (SSSR count). The predicted octanol–water partition coefficient (Wildman–Crippen LogP) is 3.68. The number of nitrogens with zero attached hydrogens (tertiary/aromatic N) is 1. The van der Waals surface area contributed by atoms with Gasteiger partial charge in [0.15, 0.2) is 0 Å². The van der Waals surface area contributed by atoms with E-state index < -0.39 is 0 Å². The maximum absolute atomic E-state index is 14.2. The summed E-state index contributed by atoms with van der Waals surface area (Å²) in [6.45, 7) is 4.23. The molecule has 1 aromatic rings. The molecule has 0 amide bonds. The zero-order valence-corrected chi connectivity index (χ0v) is 13.8. The van der Waals surface area contributed by atoms with Gasteiger partial charge in [-0.3, -0.25) is 4.90 Å². The topological polar surface area (TPSA) is 29.3 Å². The molecule has 20 heavy (non-hydrogen) atoms. The Morgan fingerprint density at radius 3 is 2.40 bits per heavy atom. The zero-order valence-electron chi connectivity index (χ0n) is 13.0. The predicted molar refractivity (Wildman–Crippen MR) is 87.6 cm³/mol. The first-order valence-electron chi connectivity index (χ1n) is 7.27. The van der Waals surface area contributed by atoms with Gasteiger partial charge in [0.05, 0.1) is 6.04 Å². The van der Waals surface area contributed by atoms with Crippen LogP contribution in [0.15, 0.2) is 24.3 Å². The minimum absolute atomic E-state index is 0.0622. The van der Waals surface area contributed by atoms with E-state index in [-0.39, 0.29) is 17.9 Å². The maximum Gasteiger partial charge on any atom is 0.128 e. The average Bonchev–Trinajstić information content (AvgIpc) is 2.46. The van der Waals surface area contributed by atoms with Gasteiger partial charge in [-0.25, -0.2) is 4.39 Å². The molecule has 0 spiro atoms. The second-order valence-corrected chi connectivity index (χ2v) is 6.13. The Labute approximate surface area is 126 Å². The van der Waals surface area contributed by atoms with Crippen LogP contribution in [-0.4, -0.2) is 36.0 Å². The molecule has 2 nitrogen and oxygen atoms in total. The van der Waals surface area contributed by atoms with Gasteiger partial charge in [-0.05, 0) is 32.2 Å². The quantitative estimate of drug-likeness (QED) is 0.794.